The van der Waals surface area contributed by atoms with Gasteiger partial charge in [-0.25, -0.2) is 4.57 Å². The number of carbonyl (C=O) groups is 1. The maximum Gasteiger partial charge on any atom is 0.365 e. The van der Waals surface area contributed by atoms with E-state index < -0.39 is 8.25 Å². The minimum Gasteiger partial charge on any atom is -0.426 e. The Morgan fingerprint density at radius 1 is 1.15 bits per heavy atom. The summed E-state index contributed by atoms with van der Waals surface area (Å²) in [6.07, 6.45) is 0. The molecule has 1 atom stereocenters. The standard InChI is InChI=1S/C15H15O4P/c1-10-6-7-11(2)14(8-10)15(16)12-4-3-5-13(9-12)19-20(17)18/h3-9,20H,1-2H3,(H,17,18). The Morgan fingerprint density at radius 3 is 2.60 bits per heavy atom. The van der Waals surface area contributed by atoms with Crippen molar-refractivity contribution < 1.29 is 18.8 Å². The lowest BCUT2D eigenvalue weighted by molar-refractivity contribution is 0.103. The lowest BCUT2D eigenvalue weighted by Gasteiger charge is -2.08. The number of benzene rings is 2. The van der Waals surface area contributed by atoms with Gasteiger partial charge in [-0.2, -0.15) is 0 Å². The predicted molar refractivity (Wildman–Crippen MR) is 77.6 cm³/mol. The summed E-state index contributed by atoms with van der Waals surface area (Å²) in [4.78, 5) is 21.2. The fourth-order valence-corrected chi connectivity index (χ4v) is 2.27. The minimum atomic E-state index is -3.07. The van der Waals surface area contributed by atoms with E-state index in [1.165, 1.54) is 6.07 Å². The molecule has 1 unspecified atom stereocenters. The smallest absolute Gasteiger partial charge is 0.365 e. The highest BCUT2D eigenvalue weighted by Crippen LogP contribution is 2.25. The van der Waals surface area contributed by atoms with Gasteiger partial charge in [-0.15, -0.1) is 0 Å². The molecule has 2 aromatic rings. The van der Waals surface area contributed by atoms with Crippen molar-refractivity contribution >= 4 is 14.0 Å². The molecule has 0 aliphatic rings. The molecule has 20 heavy (non-hydrogen) atoms. The van der Waals surface area contributed by atoms with Gasteiger partial charge in [0.25, 0.3) is 0 Å². The molecule has 0 saturated heterocycles. The summed E-state index contributed by atoms with van der Waals surface area (Å²) in [5, 5.41) is 0. The van der Waals surface area contributed by atoms with E-state index in [0.29, 0.717) is 11.1 Å². The molecule has 0 aliphatic carbocycles. The van der Waals surface area contributed by atoms with Crippen LogP contribution in [0.2, 0.25) is 0 Å². The van der Waals surface area contributed by atoms with Gasteiger partial charge in [-0.3, -0.25) is 4.79 Å². The van der Waals surface area contributed by atoms with E-state index in [0.717, 1.165) is 11.1 Å². The molecule has 2 rings (SSSR count). The topological polar surface area (TPSA) is 63.6 Å². The quantitative estimate of drug-likeness (QED) is 0.693. The zero-order valence-electron chi connectivity index (χ0n) is 11.2. The SMILES string of the molecule is Cc1ccc(C)c(C(=O)c2cccc(O[PH](=O)O)c2)c1. The third kappa shape index (κ3) is 3.35. The zero-order valence-corrected chi connectivity index (χ0v) is 12.2. The monoisotopic (exact) mass is 290 g/mol. The number of hydrogen-bond acceptors (Lipinski definition) is 3. The van der Waals surface area contributed by atoms with Crippen LogP contribution in [0.1, 0.15) is 27.0 Å². The number of rotatable bonds is 4. The van der Waals surface area contributed by atoms with Crippen molar-refractivity contribution in [1.82, 2.24) is 0 Å². The molecule has 2 aromatic carbocycles. The van der Waals surface area contributed by atoms with Crippen LogP contribution in [-0.2, 0) is 4.57 Å². The Bertz CT molecular complexity index is 679. The van der Waals surface area contributed by atoms with Crippen molar-refractivity contribution in [2.45, 2.75) is 13.8 Å². The van der Waals surface area contributed by atoms with Crippen LogP contribution in [-0.4, -0.2) is 10.7 Å². The summed E-state index contributed by atoms with van der Waals surface area (Å²) >= 11 is 0. The Kier molecular flexibility index (Phi) is 4.38. The van der Waals surface area contributed by atoms with Crippen molar-refractivity contribution in [3.8, 4) is 5.75 Å². The van der Waals surface area contributed by atoms with Crippen molar-refractivity contribution in [1.29, 1.82) is 0 Å². The summed E-state index contributed by atoms with van der Waals surface area (Å²) in [7, 11) is -3.07. The molecular weight excluding hydrogens is 275 g/mol. The third-order valence-electron chi connectivity index (χ3n) is 2.94. The second-order valence-electron chi connectivity index (χ2n) is 4.54. The highest BCUT2D eigenvalue weighted by molar-refractivity contribution is 7.32. The van der Waals surface area contributed by atoms with E-state index in [1.54, 1.807) is 18.2 Å². The van der Waals surface area contributed by atoms with E-state index in [9.17, 15) is 9.36 Å². The number of ketones is 1. The van der Waals surface area contributed by atoms with E-state index in [2.05, 4.69) is 0 Å². The number of carbonyl (C=O) groups excluding carboxylic acids is 1. The highest BCUT2D eigenvalue weighted by Gasteiger charge is 2.13. The van der Waals surface area contributed by atoms with Gasteiger partial charge in [-0.1, -0.05) is 29.8 Å². The number of hydrogen-bond donors (Lipinski definition) is 1. The minimum absolute atomic E-state index is 0.130. The van der Waals surface area contributed by atoms with Crippen molar-refractivity contribution in [2.75, 3.05) is 0 Å². The molecule has 0 radical (unpaired) electrons. The van der Waals surface area contributed by atoms with Crippen LogP contribution in [0, 0.1) is 13.8 Å². The molecule has 0 heterocycles. The van der Waals surface area contributed by atoms with E-state index in [4.69, 9.17) is 9.42 Å². The van der Waals surface area contributed by atoms with Gasteiger partial charge in [0.2, 0.25) is 0 Å². The van der Waals surface area contributed by atoms with Gasteiger partial charge >= 0.3 is 8.25 Å². The van der Waals surface area contributed by atoms with Crippen LogP contribution in [0.3, 0.4) is 0 Å². The molecule has 4 nitrogen and oxygen atoms in total. The zero-order chi connectivity index (χ0) is 14.7. The van der Waals surface area contributed by atoms with Gasteiger partial charge in [0, 0.05) is 11.1 Å². The largest absolute Gasteiger partial charge is 0.426 e. The van der Waals surface area contributed by atoms with Crippen LogP contribution in [0.25, 0.3) is 0 Å². The van der Waals surface area contributed by atoms with Gasteiger partial charge in [0.1, 0.15) is 5.75 Å². The second-order valence-corrected chi connectivity index (χ2v) is 5.28. The molecule has 0 bridgehead atoms. The normalized spacial score (nSPS) is 11.9. The van der Waals surface area contributed by atoms with Gasteiger partial charge in [0.15, 0.2) is 5.78 Å². The summed E-state index contributed by atoms with van der Waals surface area (Å²) in [6.45, 7) is 3.80. The van der Waals surface area contributed by atoms with Crippen molar-refractivity contribution in [2.24, 2.45) is 0 Å². The molecule has 0 aromatic heterocycles. The fourth-order valence-electron chi connectivity index (χ4n) is 1.94. The summed E-state index contributed by atoms with van der Waals surface area (Å²) in [6, 6.07) is 12.0. The molecule has 0 saturated carbocycles. The molecular formula is C15H15O4P. The van der Waals surface area contributed by atoms with Crippen LogP contribution in [0.15, 0.2) is 42.5 Å². The second kappa shape index (κ2) is 6.04. The van der Waals surface area contributed by atoms with Gasteiger partial charge < -0.3 is 9.42 Å². The maximum absolute atomic E-state index is 12.5. The van der Waals surface area contributed by atoms with Crippen LogP contribution in [0.4, 0.5) is 0 Å². The lowest BCUT2D eigenvalue weighted by atomic mass is 9.97. The van der Waals surface area contributed by atoms with Crippen LogP contribution in [0.5, 0.6) is 5.75 Å². The highest BCUT2D eigenvalue weighted by atomic mass is 31.1. The van der Waals surface area contributed by atoms with Gasteiger partial charge in [-0.05, 0) is 37.6 Å². The van der Waals surface area contributed by atoms with Crippen LogP contribution < -0.4 is 4.52 Å². The molecule has 0 fully saturated rings. The average molecular weight is 290 g/mol. The van der Waals surface area contributed by atoms with E-state index in [-0.39, 0.29) is 11.5 Å². The number of aryl methyl sites for hydroxylation is 2. The summed E-state index contributed by atoms with van der Waals surface area (Å²) < 4.78 is 15.4. The molecule has 0 aliphatic heterocycles. The van der Waals surface area contributed by atoms with Crippen molar-refractivity contribution in [3.05, 3.63) is 64.7 Å². The first kappa shape index (κ1) is 14.5. The van der Waals surface area contributed by atoms with Gasteiger partial charge in [0.05, 0.1) is 0 Å². The molecule has 104 valence electrons. The molecule has 0 spiro atoms. The summed E-state index contributed by atoms with van der Waals surface area (Å²) in [5.41, 5.74) is 2.95. The van der Waals surface area contributed by atoms with Crippen LogP contribution >= 0.6 is 8.25 Å². The Hall–Kier alpha value is -1.90. The lowest BCUT2D eigenvalue weighted by Crippen LogP contribution is -2.04. The first-order valence-electron chi connectivity index (χ1n) is 6.10. The third-order valence-corrected chi connectivity index (χ3v) is 3.35. The van der Waals surface area contributed by atoms with Crippen molar-refractivity contribution in [3.63, 3.8) is 0 Å². The summed E-state index contributed by atoms with van der Waals surface area (Å²) in [5.74, 6) is 0.0850. The Morgan fingerprint density at radius 2 is 1.90 bits per heavy atom. The predicted octanol–water partition coefficient (Wildman–Crippen LogP) is 3.30. The maximum atomic E-state index is 12.5. The van der Waals surface area contributed by atoms with E-state index >= 15 is 0 Å². The fraction of sp³-hybridized carbons (Fsp3) is 0.133. The first-order valence-corrected chi connectivity index (χ1v) is 7.36. The Labute approximate surface area is 118 Å². The Balaban J connectivity index is 2.38. The molecule has 0 amide bonds. The first-order chi connectivity index (χ1) is 9.47. The van der Waals surface area contributed by atoms with E-state index in [1.807, 2.05) is 32.0 Å². The molecule has 1 N–H and O–H groups in total. The molecule has 5 heteroatoms. The average Bonchev–Trinajstić information content (AvgIpc) is 2.40.